The Morgan fingerprint density at radius 1 is 1.38 bits per heavy atom. The molecule has 24 heavy (non-hydrogen) atoms. The lowest BCUT2D eigenvalue weighted by Crippen LogP contribution is -2.43. The van der Waals surface area contributed by atoms with Crippen molar-refractivity contribution >= 4 is 6.03 Å². The van der Waals surface area contributed by atoms with Crippen molar-refractivity contribution in [1.82, 2.24) is 10.6 Å². The molecule has 5 heteroatoms. The SMILES string of the molecule is C#CCOc1cc(CNC(=O)NC2CCCC(C)C2)ccc1OC. The summed E-state index contributed by atoms with van der Waals surface area (Å²) in [5, 5.41) is 5.95. The highest BCUT2D eigenvalue weighted by molar-refractivity contribution is 5.74. The van der Waals surface area contributed by atoms with Gasteiger partial charge in [-0.05, 0) is 36.5 Å². The van der Waals surface area contributed by atoms with E-state index in [1.165, 1.54) is 12.8 Å². The van der Waals surface area contributed by atoms with Crippen molar-refractivity contribution in [1.29, 1.82) is 0 Å². The van der Waals surface area contributed by atoms with Crippen LogP contribution in [0.25, 0.3) is 0 Å². The monoisotopic (exact) mass is 330 g/mol. The number of carbonyl (C=O) groups excluding carboxylic acids is 1. The van der Waals surface area contributed by atoms with E-state index >= 15 is 0 Å². The minimum atomic E-state index is -0.129. The number of carbonyl (C=O) groups is 1. The molecule has 0 spiro atoms. The van der Waals surface area contributed by atoms with Gasteiger partial charge in [0.05, 0.1) is 7.11 Å². The van der Waals surface area contributed by atoms with Crippen molar-refractivity contribution in [3.05, 3.63) is 23.8 Å². The van der Waals surface area contributed by atoms with Gasteiger partial charge < -0.3 is 20.1 Å². The molecule has 0 heterocycles. The molecular formula is C19H26N2O3. The first kappa shape index (κ1) is 18.0. The van der Waals surface area contributed by atoms with Gasteiger partial charge in [-0.1, -0.05) is 31.8 Å². The van der Waals surface area contributed by atoms with Crippen LogP contribution in [0.5, 0.6) is 11.5 Å². The van der Waals surface area contributed by atoms with E-state index in [2.05, 4.69) is 23.5 Å². The topological polar surface area (TPSA) is 59.6 Å². The molecule has 0 bridgehead atoms. The first-order valence-electron chi connectivity index (χ1n) is 8.40. The highest BCUT2D eigenvalue weighted by Crippen LogP contribution is 2.28. The summed E-state index contributed by atoms with van der Waals surface area (Å²) in [6.45, 7) is 2.83. The van der Waals surface area contributed by atoms with Crippen molar-refractivity contribution in [3.8, 4) is 23.8 Å². The molecular weight excluding hydrogens is 304 g/mol. The maximum absolute atomic E-state index is 12.1. The fraction of sp³-hybridized carbons (Fsp3) is 0.526. The van der Waals surface area contributed by atoms with E-state index in [4.69, 9.17) is 15.9 Å². The standard InChI is InChI=1S/C19H26N2O3/c1-4-10-24-18-12-15(8-9-17(18)23-3)13-20-19(22)21-16-7-5-6-14(2)11-16/h1,8-9,12,14,16H,5-7,10-11,13H2,2-3H3,(H2,20,21,22). The number of benzene rings is 1. The maximum atomic E-state index is 12.1. The highest BCUT2D eigenvalue weighted by atomic mass is 16.5. The number of ether oxygens (including phenoxy) is 2. The normalized spacial score (nSPS) is 19.9. The number of urea groups is 1. The van der Waals surface area contributed by atoms with Gasteiger partial charge in [0, 0.05) is 12.6 Å². The van der Waals surface area contributed by atoms with Gasteiger partial charge in [-0.15, -0.1) is 6.42 Å². The van der Waals surface area contributed by atoms with E-state index < -0.39 is 0 Å². The summed E-state index contributed by atoms with van der Waals surface area (Å²) < 4.78 is 10.7. The Morgan fingerprint density at radius 2 is 2.21 bits per heavy atom. The van der Waals surface area contributed by atoms with E-state index in [-0.39, 0.29) is 18.7 Å². The van der Waals surface area contributed by atoms with Crippen LogP contribution >= 0.6 is 0 Å². The number of hydrogen-bond donors (Lipinski definition) is 2. The molecule has 1 aliphatic carbocycles. The van der Waals surface area contributed by atoms with Crippen LogP contribution in [0.1, 0.15) is 38.2 Å². The predicted octanol–water partition coefficient (Wildman–Crippen LogP) is 3.09. The fourth-order valence-electron chi connectivity index (χ4n) is 3.05. The van der Waals surface area contributed by atoms with Crippen LogP contribution < -0.4 is 20.1 Å². The third kappa shape index (κ3) is 5.38. The lowest BCUT2D eigenvalue weighted by Gasteiger charge is -2.27. The molecule has 0 aromatic heterocycles. The smallest absolute Gasteiger partial charge is 0.315 e. The van der Waals surface area contributed by atoms with Crippen molar-refractivity contribution in [2.24, 2.45) is 5.92 Å². The average molecular weight is 330 g/mol. The van der Waals surface area contributed by atoms with Gasteiger partial charge in [0.2, 0.25) is 0 Å². The van der Waals surface area contributed by atoms with E-state index in [1.54, 1.807) is 7.11 Å². The molecule has 2 amide bonds. The lowest BCUT2D eigenvalue weighted by molar-refractivity contribution is 0.227. The number of hydrogen-bond acceptors (Lipinski definition) is 3. The predicted molar refractivity (Wildman–Crippen MR) is 94.1 cm³/mol. The number of methoxy groups -OCH3 is 1. The van der Waals surface area contributed by atoms with Crippen molar-refractivity contribution in [2.75, 3.05) is 13.7 Å². The number of amides is 2. The first-order chi connectivity index (χ1) is 11.6. The van der Waals surface area contributed by atoms with E-state index in [0.717, 1.165) is 18.4 Å². The first-order valence-corrected chi connectivity index (χ1v) is 8.40. The third-order valence-electron chi connectivity index (χ3n) is 4.26. The van der Waals surface area contributed by atoms with Crippen LogP contribution in [0.15, 0.2) is 18.2 Å². The summed E-state index contributed by atoms with van der Waals surface area (Å²) in [6.07, 6.45) is 9.77. The van der Waals surface area contributed by atoms with Gasteiger partial charge in [-0.3, -0.25) is 0 Å². The van der Waals surface area contributed by atoms with Crippen molar-refractivity contribution < 1.29 is 14.3 Å². The van der Waals surface area contributed by atoms with Crippen LogP contribution in [0.2, 0.25) is 0 Å². The quantitative estimate of drug-likeness (QED) is 0.788. The highest BCUT2D eigenvalue weighted by Gasteiger charge is 2.20. The zero-order chi connectivity index (χ0) is 17.4. The Hall–Kier alpha value is -2.35. The molecule has 2 unspecified atom stereocenters. The van der Waals surface area contributed by atoms with Crippen LogP contribution in [-0.4, -0.2) is 25.8 Å². The summed E-state index contributed by atoms with van der Waals surface area (Å²) in [5.74, 6) is 4.31. The number of nitrogens with one attached hydrogen (secondary N) is 2. The Bertz CT molecular complexity index is 595. The molecule has 130 valence electrons. The second kappa shape index (κ2) is 9.07. The Kier molecular flexibility index (Phi) is 6.80. The van der Waals surface area contributed by atoms with E-state index in [0.29, 0.717) is 24.0 Å². The fourth-order valence-corrected chi connectivity index (χ4v) is 3.05. The zero-order valence-electron chi connectivity index (χ0n) is 14.4. The zero-order valence-corrected chi connectivity index (χ0v) is 14.4. The van der Waals surface area contributed by atoms with Crippen LogP contribution in [0.3, 0.4) is 0 Å². The number of rotatable bonds is 6. The summed E-state index contributed by atoms with van der Waals surface area (Å²) in [7, 11) is 1.58. The maximum Gasteiger partial charge on any atom is 0.315 e. The molecule has 0 radical (unpaired) electrons. The van der Waals surface area contributed by atoms with Gasteiger partial charge in [-0.25, -0.2) is 4.79 Å². The summed E-state index contributed by atoms with van der Waals surface area (Å²) in [5.41, 5.74) is 0.926. The molecule has 1 aromatic carbocycles. The van der Waals surface area contributed by atoms with Crippen molar-refractivity contribution in [3.63, 3.8) is 0 Å². The number of terminal acetylenes is 1. The minimum Gasteiger partial charge on any atom is -0.493 e. The Balaban J connectivity index is 1.86. The Morgan fingerprint density at radius 3 is 2.92 bits per heavy atom. The van der Waals surface area contributed by atoms with Crippen LogP contribution in [0, 0.1) is 18.3 Å². The van der Waals surface area contributed by atoms with Gasteiger partial charge in [0.1, 0.15) is 6.61 Å². The molecule has 0 saturated heterocycles. The molecule has 1 fully saturated rings. The van der Waals surface area contributed by atoms with Gasteiger partial charge in [0.15, 0.2) is 11.5 Å². The largest absolute Gasteiger partial charge is 0.493 e. The van der Waals surface area contributed by atoms with Gasteiger partial charge in [-0.2, -0.15) is 0 Å². The van der Waals surface area contributed by atoms with E-state index in [1.807, 2.05) is 18.2 Å². The summed E-state index contributed by atoms with van der Waals surface area (Å²) in [6, 6.07) is 5.68. The molecule has 1 saturated carbocycles. The second-order valence-corrected chi connectivity index (χ2v) is 6.27. The molecule has 5 nitrogen and oxygen atoms in total. The third-order valence-corrected chi connectivity index (χ3v) is 4.26. The minimum absolute atomic E-state index is 0.129. The van der Waals surface area contributed by atoms with Crippen LogP contribution in [0.4, 0.5) is 4.79 Å². The van der Waals surface area contributed by atoms with Gasteiger partial charge in [0.25, 0.3) is 0 Å². The lowest BCUT2D eigenvalue weighted by atomic mass is 9.87. The Labute approximate surface area is 144 Å². The molecule has 2 rings (SSSR count). The molecule has 1 aliphatic rings. The second-order valence-electron chi connectivity index (χ2n) is 6.27. The van der Waals surface area contributed by atoms with Crippen molar-refractivity contribution in [2.45, 2.75) is 45.2 Å². The summed E-state index contributed by atoms with van der Waals surface area (Å²) in [4.78, 5) is 12.1. The molecule has 1 aromatic rings. The molecule has 2 atom stereocenters. The summed E-state index contributed by atoms with van der Waals surface area (Å²) >= 11 is 0. The van der Waals surface area contributed by atoms with E-state index in [9.17, 15) is 4.79 Å². The van der Waals surface area contributed by atoms with Gasteiger partial charge >= 0.3 is 6.03 Å². The van der Waals surface area contributed by atoms with Crippen LogP contribution in [-0.2, 0) is 6.54 Å². The molecule has 2 N–H and O–H groups in total. The molecule has 0 aliphatic heterocycles. The average Bonchev–Trinajstić information content (AvgIpc) is 2.58.